The predicted octanol–water partition coefficient (Wildman–Crippen LogP) is 4.38. The van der Waals surface area contributed by atoms with E-state index in [1.54, 1.807) is 11.8 Å². The van der Waals surface area contributed by atoms with E-state index in [-0.39, 0.29) is 23.2 Å². The molecule has 8 heteroatoms. The Labute approximate surface area is 242 Å². The summed E-state index contributed by atoms with van der Waals surface area (Å²) in [7, 11) is 0. The molecule has 210 valence electrons. The van der Waals surface area contributed by atoms with E-state index in [1.807, 2.05) is 16.7 Å². The fraction of sp³-hybridized carbons (Fsp3) is 0.548. The van der Waals surface area contributed by atoms with Gasteiger partial charge in [0, 0.05) is 44.2 Å². The predicted molar refractivity (Wildman–Crippen MR) is 163 cm³/mol. The zero-order valence-corrected chi connectivity index (χ0v) is 24.4. The van der Waals surface area contributed by atoms with Gasteiger partial charge in [-0.2, -0.15) is 11.8 Å². The zero-order valence-electron chi connectivity index (χ0n) is 22.8. The first-order valence-electron chi connectivity index (χ1n) is 14.5. The van der Waals surface area contributed by atoms with Gasteiger partial charge >= 0.3 is 0 Å². The Hall–Kier alpha value is -2.00. The minimum atomic E-state index is -0.473. The highest BCUT2D eigenvalue weighted by Gasteiger charge is 2.33. The number of nitrogens with one attached hydrogen (secondary N) is 2. The van der Waals surface area contributed by atoms with Crippen molar-refractivity contribution in [3.8, 4) is 0 Å². The lowest BCUT2D eigenvalue weighted by atomic mass is 9.91. The van der Waals surface area contributed by atoms with E-state index in [0.717, 1.165) is 37.1 Å². The first kappa shape index (κ1) is 28.5. The second kappa shape index (κ2) is 14.6. The molecule has 5 rings (SSSR count). The van der Waals surface area contributed by atoms with Crippen LogP contribution < -0.4 is 10.6 Å². The first-order chi connectivity index (χ1) is 19.2. The van der Waals surface area contributed by atoms with Gasteiger partial charge in [-0.25, -0.2) is 0 Å². The number of piperazine rings is 1. The highest BCUT2D eigenvalue weighted by atomic mass is 32.2. The second-order valence-electron chi connectivity index (χ2n) is 10.9. The van der Waals surface area contributed by atoms with Crippen LogP contribution in [0.15, 0.2) is 60.7 Å². The highest BCUT2D eigenvalue weighted by Crippen LogP contribution is 2.30. The van der Waals surface area contributed by atoms with Crippen LogP contribution in [0.1, 0.15) is 49.3 Å². The van der Waals surface area contributed by atoms with Gasteiger partial charge in [0.05, 0.1) is 6.04 Å². The first-order valence-corrected chi connectivity index (χ1v) is 16.8. The number of carbonyl (C=O) groups excluding carboxylic acids is 2. The molecule has 1 saturated carbocycles. The molecule has 3 aliphatic rings. The van der Waals surface area contributed by atoms with E-state index >= 15 is 0 Å². The monoisotopic (exact) mass is 566 g/mol. The quantitative estimate of drug-likeness (QED) is 0.445. The summed E-state index contributed by atoms with van der Waals surface area (Å²) in [5, 5.41) is 6.13. The SMILES string of the molecule is O=C(N[C@@H](CSCC1CCCCC1)C(=O)N1CCN(C(c2ccccc2)c2ccccc2)CC1)C1NCCS1. The molecule has 1 unspecified atom stereocenters. The summed E-state index contributed by atoms with van der Waals surface area (Å²) in [4.78, 5) is 31.2. The van der Waals surface area contributed by atoms with Crippen molar-refractivity contribution in [2.24, 2.45) is 5.92 Å². The molecule has 6 nitrogen and oxygen atoms in total. The maximum atomic E-state index is 13.8. The molecule has 2 amide bonds. The summed E-state index contributed by atoms with van der Waals surface area (Å²) >= 11 is 3.47. The van der Waals surface area contributed by atoms with E-state index in [4.69, 9.17) is 0 Å². The van der Waals surface area contributed by atoms with Gasteiger partial charge in [0.2, 0.25) is 11.8 Å². The smallest absolute Gasteiger partial charge is 0.248 e. The van der Waals surface area contributed by atoms with Crippen molar-refractivity contribution in [1.29, 1.82) is 0 Å². The normalized spacial score (nSPS) is 21.7. The van der Waals surface area contributed by atoms with Crippen molar-refractivity contribution in [3.63, 3.8) is 0 Å². The molecular formula is C31H42N4O2S2. The van der Waals surface area contributed by atoms with E-state index < -0.39 is 6.04 Å². The average Bonchev–Trinajstić information content (AvgIpc) is 3.54. The summed E-state index contributed by atoms with van der Waals surface area (Å²) in [5.41, 5.74) is 2.54. The summed E-state index contributed by atoms with van der Waals surface area (Å²) in [6, 6.07) is 21.0. The van der Waals surface area contributed by atoms with Crippen LogP contribution in [0.2, 0.25) is 0 Å². The van der Waals surface area contributed by atoms with Crippen molar-refractivity contribution in [2.75, 3.05) is 50.0 Å². The minimum Gasteiger partial charge on any atom is -0.341 e. The molecule has 2 saturated heterocycles. The Bertz CT molecular complexity index is 998. The van der Waals surface area contributed by atoms with Gasteiger partial charge in [-0.3, -0.25) is 19.8 Å². The largest absolute Gasteiger partial charge is 0.341 e. The Morgan fingerprint density at radius 3 is 2.15 bits per heavy atom. The number of hydrogen-bond acceptors (Lipinski definition) is 6. The zero-order chi connectivity index (χ0) is 26.9. The van der Waals surface area contributed by atoms with Gasteiger partial charge in [0.25, 0.3) is 0 Å². The Balaban J connectivity index is 1.22. The fourth-order valence-electron chi connectivity index (χ4n) is 6.03. The molecule has 2 N–H and O–H groups in total. The molecule has 3 fully saturated rings. The van der Waals surface area contributed by atoms with Gasteiger partial charge in [-0.1, -0.05) is 79.9 Å². The third kappa shape index (κ3) is 7.81. The third-order valence-corrected chi connectivity index (χ3v) is 10.6. The van der Waals surface area contributed by atoms with Gasteiger partial charge < -0.3 is 10.2 Å². The summed E-state index contributed by atoms with van der Waals surface area (Å²) in [6.07, 6.45) is 6.60. The van der Waals surface area contributed by atoms with Crippen molar-refractivity contribution in [3.05, 3.63) is 71.8 Å². The molecule has 2 aliphatic heterocycles. The van der Waals surface area contributed by atoms with E-state index in [2.05, 4.69) is 76.2 Å². The molecule has 2 aromatic rings. The lowest BCUT2D eigenvalue weighted by molar-refractivity contribution is -0.137. The summed E-state index contributed by atoms with van der Waals surface area (Å²) in [5.74, 6) is 3.42. The Kier molecular flexibility index (Phi) is 10.7. The summed E-state index contributed by atoms with van der Waals surface area (Å²) in [6.45, 7) is 3.78. The minimum absolute atomic E-state index is 0.0547. The van der Waals surface area contributed by atoms with Gasteiger partial charge in [-0.15, -0.1) is 11.8 Å². The molecule has 39 heavy (non-hydrogen) atoms. The maximum Gasteiger partial charge on any atom is 0.248 e. The van der Waals surface area contributed by atoms with Crippen molar-refractivity contribution in [2.45, 2.75) is 49.6 Å². The Morgan fingerprint density at radius 2 is 1.56 bits per heavy atom. The molecule has 1 aliphatic carbocycles. The van der Waals surface area contributed by atoms with Crippen LogP contribution in [0.5, 0.6) is 0 Å². The number of benzene rings is 2. The van der Waals surface area contributed by atoms with Crippen molar-refractivity contribution < 1.29 is 9.59 Å². The highest BCUT2D eigenvalue weighted by molar-refractivity contribution is 8.00. The number of carbonyl (C=O) groups is 2. The number of amides is 2. The molecule has 0 radical (unpaired) electrons. The maximum absolute atomic E-state index is 13.8. The number of thioether (sulfide) groups is 2. The molecule has 2 aromatic carbocycles. The second-order valence-corrected chi connectivity index (χ2v) is 13.2. The molecule has 2 heterocycles. The average molecular weight is 567 g/mol. The van der Waals surface area contributed by atoms with Gasteiger partial charge in [-0.05, 0) is 35.6 Å². The van der Waals surface area contributed by atoms with Gasteiger partial charge in [0.1, 0.15) is 11.4 Å². The lowest BCUT2D eigenvalue weighted by Crippen LogP contribution is -2.57. The van der Waals surface area contributed by atoms with E-state index in [9.17, 15) is 9.59 Å². The van der Waals surface area contributed by atoms with Crippen LogP contribution in [0.3, 0.4) is 0 Å². The van der Waals surface area contributed by atoms with Crippen LogP contribution >= 0.6 is 23.5 Å². The van der Waals surface area contributed by atoms with Gasteiger partial charge in [0.15, 0.2) is 0 Å². The molecule has 0 aromatic heterocycles. The van der Waals surface area contributed by atoms with Crippen LogP contribution in [0.25, 0.3) is 0 Å². The van der Waals surface area contributed by atoms with Crippen LogP contribution in [-0.4, -0.2) is 83.0 Å². The Morgan fingerprint density at radius 1 is 0.923 bits per heavy atom. The molecule has 2 atom stereocenters. The fourth-order valence-corrected chi connectivity index (χ4v) is 8.22. The van der Waals surface area contributed by atoms with Crippen LogP contribution in [0, 0.1) is 5.92 Å². The molecule has 0 bridgehead atoms. The van der Waals surface area contributed by atoms with Crippen molar-refractivity contribution >= 4 is 35.3 Å². The number of hydrogen-bond donors (Lipinski definition) is 2. The van der Waals surface area contributed by atoms with Crippen LogP contribution in [-0.2, 0) is 9.59 Å². The molecule has 0 spiro atoms. The molecular weight excluding hydrogens is 525 g/mol. The third-order valence-electron chi connectivity index (χ3n) is 8.15. The topological polar surface area (TPSA) is 64.7 Å². The number of nitrogens with zero attached hydrogens (tertiary/aromatic N) is 2. The lowest BCUT2D eigenvalue weighted by Gasteiger charge is -2.40. The standard InChI is InChI=1S/C31H42N4O2S2/c36-29(30-32-16-21-39-30)33-27(23-38-22-24-10-4-1-5-11-24)31(37)35-19-17-34(18-20-35)28(25-12-6-2-7-13-25)26-14-8-3-9-15-26/h2-3,6-9,12-15,24,27-28,30,32H,1,4-5,10-11,16-23H2,(H,33,36)/t27-,30?/m0/s1. The van der Waals surface area contributed by atoms with E-state index in [0.29, 0.717) is 18.8 Å². The number of rotatable bonds is 10. The summed E-state index contributed by atoms with van der Waals surface area (Å²) < 4.78 is 0. The van der Waals surface area contributed by atoms with Crippen LogP contribution in [0.4, 0.5) is 0 Å². The van der Waals surface area contributed by atoms with Crippen molar-refractivity contribution in [1.82, 2.24) is 20.4 Å². The van der Waals surface area contributed by atoms with E-state index in [1.165, 1.54) is 43.2 Å².